The van der Waals surface area contributed by atoms with E-state index in [9.17, 15) is 4.79 Å². The van der Waals surface area contributed by atoms with E-state index < -0.39 is 11.2 Å². The maximum absolute atomic E-state index is 12.2. The van der Waals surface area contributed by atoms with Crippen LogP contribution in [0.4, 0.5) is 0 Å². The molecule has 1 saturated heterocycles. The number of Topliss-reactive ketones (excluding diaryl/α,β-unsaturated/α-hetero) is 1. The van der Waals surface area contributed by atoms with Crippen molar-refractivity contribution in [2.75, 3.05) is 7.11 Å². The van der Waals surface area contributed by atoms with Crippen molar-refractivity contribution >= 4 is 5.78 Å². The lowest BCUT2D eigenvalue weighted by Gasteiger charge is -2.29. The number of methoxy groups -OCH3 is 1. The van der Waals surface area contributed by atoms with Crippen molar-refractivity contribution in [2.24, 2.45) is 0 Å². The molecule has 5 heteroatoms. The van der Waals surface area contributed by atoms with Gasteiger partial charge in [-0.3, -0.25) is 4.79 Å². The van der Waals surface area contributed by atoms with Crippen LogP contribution in [-0.2, 0) is 21.0 Å². The van der Waals surface area contributed by atoms with Gasteiger partial charge in [0.2, 0.25) is 0 Å². The SMILES string of the molecule is COc1ccc(C2(c3cc(C(C)=O)c(C)o3)CC(c3ccccc3)(c3ccccc3)OO2)cc1. The number of hydrogen-bond donors (Lipinski definition) is 0. The molecule has 1 aliphatic rings. The lowest BCUT2D eigenvalue weighted by atomic mass is 9.75. The van der Waals surface area contributed by atoms with Crippen LogP contribution in [-0.4, -0.2) is 12.9 Å². The van der Waals surface area contributed by atoms with Gasteiger partial charge in [0.15, 0.2) is 17.0 Å². The third-order valence-corrected chi connectivity index (χ3v) is 6.56. The number of ether oxygens (including phenoxy) is 1. The van der Waals surface area contributed by atoms with Crippen LogP contribution in [0.2, 0.25) is 0 Å². The summed E-state index contributed by atoms with van der Waals surface area (Å²) in [5.74, 6) is 1.74. The van der Waals surface area contributed by atoms with Crippen molar-refractivity contribution in [2.45, 2.75) is 31.5 Å². The number of benzene rings is 3. The molecule has 0 saturated carbocycles. The molecule has 0 bridgehead atoms. The Morgan fingerprint density at radius 2 is 1.32 bits per heavy atom. The molecule has 0 radical (unpaired) electrons. The molecule has 172 valence electrons. The van der Waals surface area contributed by atoms with Gasteiger partial charge in [0.05, 0.1) is 12.7 Å². The summed E-state index contributed by atoms with van der Waals surface area (Å²) in [4.78, 5) is 24.9. The van der Waals surface area contributed by atoms with E-state index in [4.69, 9.17) is 18.9 Å². The number of ketones is 1. The van der Waals surface area contributed by atoms with Crippen molar-refractivity contribution in [3.8, 4) is 5.75 Å². The van der Waals surface area contributed by atoms with E-state index in [2.05, 4.69) is 0 Å². The Balaban J connectivity index is 1.73. The molecule has 0 amide bonds. The molecule has 1 unspecified atom stereocenters. The second-order valence-corrected chi connectivity index (χ2v) is 8.59. The van der Waals surface area contributed by atoms with E-state index in [1.54, 1.807) is 20.1 Å². The summed E-state index contributed by atoms with van der Waals surface area (Å²) >= 11 is 0. The maximum Gasteiger partial charge on any atom is 0.189 e. The molecule has 0 N–H and O–H groups in total. The van der Waals surface area contributed by atoms with E-state index in [0.29, 0.717) is 23.5 Å². The maximum atomic E-state index is 12.2. The van der Waals surface area contributed by atoms with Gasteiger partial charge in [-0.15, -0.1) is 0 Å². The predicted molar refractivity (Wildman–Crippen MR) is 128 cm³/mol. The lowest BCUT2D eigenvalue weighted by Crippen LogP contribution is -2.31. The van der Waals surface area contributed by atoms with Gasteiger partial charge in [-0.05, 0) is 48.7 Å². The van der Waals surface area contributed by atoms with Crippen LogP contribution in [0, 0.1) is 6.92 Å². The Labute approximate surface area is 198 Å². The van der Waals surface area contributed by atoms with Crippen LogP contribution >= 0.6 is 0 Å². The van der Waals surface area contributed by atoms with E-state index in [1.807, 2.05) is 84.9 Å². The molecule has 0 aliphatic carbocycles. The van der Waals surface area contributed by atoms with Gasteiger partial charge in [0, 0.05) is 6.42 Å². The van der Waals surface area contributed by atoms with Crippen molar-refractivity contribution in [3.05, 3.63) is 125 Å². The summed E-state index contributed by atoms with van der Waals surface area (Å²) in [6.45, 7) is 3.32. The summed E-state index contributed by atoms with van der Waals surface area (Å²) in [5, 5.41) is 0. The highest BCUT2D eigenvalue weighted by Crippen LogP contribution is 2.55. The summed E-state index contributed by atoms with van der Waals surface area (Å²) in [6, 6.07) is 29.5. The van der Waals surface area contributed by atoms with Crippen LogP contribution in [0.3, 0.4) is 0 Å². The molecule has 1 aromatic heterocycles. The van der Waals surface area contributed by atoms with Crippen LogP contribution in [0.25, 0.3) is 0 Å². The molecule has 1 aliphatic heterocycles. The average Bonchev–Trinajstić information content (AvgIpc) is 3.49. The van der Waals surface area contributed by atoms with Crippen LogP contribution in [0.1, 0.15) is 51.9 Å². The Kier molecular flexibility index (Phi) is 5.60. The highest BCUT2D eigenvalue weighted by Gasteiger charge is 2.57. The number of rotatable bonds is 6. The van der Waals surface area contributed by atoms with Crippen LogP contribution in [0.5, 0.6) is 5.75 Å². The second-order valence-electron chi connectivity index (χ2n) is 8.59. The Hall–Kier alpha value is -3.67. The molecule has 3 aromatic carbocycles. The fraction of sp³-hybridized carbons (Fsp3) is 0.207. The molecule has 4 aromatic rings. The van der Waals surface area contributed by atoms with E-state index >= 15 is 0 Å². The molecule has 1 fully saturated rings. The summed E-state index contributed by atoms with van der Waals surface area (Å²) in [7, 11) is 1.63. The average molecular weight is 455 g/mol. The number of furan rings is 1. The fourth-order valence-electron chi connectivity index (χ4n) is 4.75. The monoisotopic (exact) mass is 454 g/mol. The molecule has 5 nitrogen and oxygen atoms in total. The first-order valence-electron chi connectivity index (χ1n) is 11.2. The quantitative estimate of drug-likeness (QED) is 0.251. The normalized spacial score (nSPS) is 19.1. The minimum Gasteiger partial charge on any atom is -0.497 e. The molecule has 34 heavy (non-hydrogen) atoms. The Morgan fingerprint density at radius 1 is 0.794 bits per heavy atom. The third kappa shape index (κ3) is 3.54. The highest BCUT2D eigenvalue weighted by molar-refractivity contribution is 5.95. The van der Waals surface area contributed by atoms with Gasteiger partial charge in [-0.25, -0.2) is 9.78 Å². The first kappa shape index (κ1) is 22.1. The van der Waals surface area contributed by atoms with Crippen molar-refractivity contribution in [3.63, 3.8) is 0 Å². The van der Waals surface area contributed by atoms with Crippen LogP contribution in [0.15, 0.2) is 95.4 Å². The van der Waals surface area contributed by atoms with Gasteiger partial charge in [-0.1, -0.05) is 72.8 Å². The predicted octanol–water partition coefficient (Wildman–Crippen LogP) is 6.34. The van der Waals surface area contributed by atoms with Crippen molar-refractivity contribution in [1.82, 2.24) is 0 Å². The van der Waals surface area contributed by atoms with Gasteiger partial charge in [0.1, 0.15) is 17.3 Å². The number of hydrogen-bond acceptors (Lipinski definition) is 5. The van der Waals surface area contributed by atoms with E-state index in [0.717, 1.165) is 22.4 Å². The smallest absolute Gasteiger partial charge is 0.189 e. The van der Waals surface area contributed by atoms with Gasteiger partial charge in [0.25, 0.3) is 0 Å². The molecule has 5 rings (SSSR count). The highest BCUT2D eigenvalue weighted by atomic mass is 17.2. The van der Waals surface area contributed by atoms with Gasteiger partial charge >= 0.3 is 0 Å². The van der Waals surface area contributed by atoms with Gasteiger partial charge < -0.3 is 9.15 Å². The zero-order valence-electron chi connectivity index (χ0n) is 19.4. The van der Waals surface area contributed by atoms with Crippen LogP contribution < -0.4 is 4.74 Å². The minimum absolute atomic E-state index is 0.0614. The number of aryl methyl sites for hydroxylation is 1. The first-order chi connectivity index (χ1) is 16.5. The Bertz CT molecular complexity index is 1250. The zero-order valence-corrected chi connectivity index (χ0v) is 19.4. The van der Waals surface area contributed by atoms with Crippen molar-refractivity contribution in [1.29, 1.82) is 0 Å². The summed E-state index contributed by atoms with van der Waals surface area (Å²) in [6.07, 6.45) is 0.407. The molecular weight excluding hydrogens is 428 g/mol. The third-order valence-electron chi connectivity index (χ3n) is 6.56. The lowest BCUT2D eigenvalue weighted by molar-refractivity contribution is -0.344. The van der Waals surface area contributed by atoms with E-state index in [-0.39, 0.29) is 5.78 Å². The molecule has 0 spiro atoms. The summed E-state index contributed by atoms with van der Waals surface area (Å²) < 4.78 is 11.5. The zero-order chi connectivity index (χ0) is 23.8. The Morgan fingerprint density at radius 3 is 1.82 bits per heavy atom. The minimum atomic E-state index is -1.09. The van der Waals surface area contributed by atoms with E-state index in [1.165, 1.54) is 6.92 Å². The first-order valence-corrected chi connectivity index (χ1v) is 11.2. The van der Waals surface area contributed by atoms with Gasteiger partial charge in [-0.2, -0.15) is 0 Å². The largest absolute Gasteiger partial charge is 0.497 e. The fourth-order valence-corrected chi connectivity index (χ4v) is 4.75. The number of carbonyl (C=O) groups excluding carboxylic acids is 1. The standard InChI is InChI=1S/C29H26O5/c1-20(30)26-18-27(32-21(26)2)29(24-14-16-25(31-3)17-15-24)19-28(33-34-29,22-10-6-4-7-11-22)23-12-8-5-9-13-23/h4-18H,19H2,1-3H3. The summed E-state index contributed by atoms with van der Waals surface area (Å²) in [5.41, 5.74) is 1.32. The number of carbonyl (C=O) groups is 1. The molecule has 1 atom stereocenters. The second kappa shape index (κ2) is 8.60. The van der Waals surface area contributed by atoms with Crippen molar-refractivity contribution < 1.29 is 23.7 Å². The molecule has 2 heterocycles. The topological polar surface area (TPSA) is 57.9 Å². The molecular formula is C29H26O5.